The molecule has 0 amide bonds. The molecule has 1 aliphatic rings. The first-order valence-electron chi connectivity index (χ1n) is 7.80. The minimum Gasteiger partial charge on any atom is -0.508 e. The van der Waals surface area contributed by atoms with Crippen molar-refractivity contribution in [3.63, 3.8) is 0 Å². The second-order valence-corrected chi connectivity index (χ2v) is 5.70. The van der Waals surface area contributed by atoms with Gasteiger partial charge in [-0.25, -0.2) is 0 Å². The van der Waals surface area contributed by atoms with Gasteiger partial charge in [0.1, 0.15) is 5.75 Å². The molecule has 1 atom stereocenters. The van der Waals surface area contributed by atoms with Crippen molar-refractivity contribution in [1.29, 1.82) is 0 Å². The molecule has 0 unspecified atom stereocenters. The Morgan fingerprint density at radius 2 is 1.95 bits per heavy atom. The maximum atomic E-state index is 10.00. The summed E-state index contributed by atoms with van der Waals surface area (Å²) in [5.41, 5.74) is 2.55. The van der Waals surface area contributed by atoms with Crippen molar-refractivity contribution in [2.45, 2.75) is 58.4 Å². The van der Waals surface area contributed by atoms with Gasteiger partial charge >= 0.3 is 0 Å². The standard InChI is InChI=1S/C17H27NO/c1-3-11-18(12-4-2)15-8-6-9-16-14(13-15)7-5-10-17(16)19/h5,7,10,15,19H,3-4,6,8-9,11-13H2,1-2H3/t15-/m1/s1. The zero-order valence-corrected chi connectivity index (χ0v) is 12.4. The maximum absolute atomic E-state index is 10.00. The van der Waals surface area contributed by atoms with Crippen molar-refractivity contribution in [2.75, 3.05) is 13.1 Å². The Morgan fingerprint density at radius 3 is 2.63 bits per heavy atom. The molecule has 19 heavy (non-hydrogen) atoms. The van der Waals surface area contributed by atoms with Gasteiger partial charge in [-0.05, 0) is 68.8 Å². The SMILES string of the molecule is CCCN(CCC)[C@@H]1CCCc2c(O)cccc2C1. The Morgan fingerprint density at radius 1 is 1.21 bits per heavy atom. The van der Waals surface area contributed by atoms with Crippen molar-refractivity contribution in [1.82, 2.24) is 4.90 Å². The second kappa shape index (κ2) is 6.95. The topological polar surface area (TPSA) is 23.5 Å². The van der Waals surface area contributed by atoms with Crippen LogP contribution < -0.4 is 0 Å². The molecule has 0 aliphatic heterocycles. The van der Waals surface area contributed by atoms with Crippen LogP contribution in [0.2, 0.25) is 0 Å². The molecule has 0 fully saturated rings. The van der Waals surface area contributed by atoms with Crippen LogP contribution in [0.25, 0.3) is 0 Å². The van der Waals surface area contributed by atoms with Gasteiger partial charge in [0.05, 0.1) is 0 Å². The summed E-state index contributed by atoms with van der Waals surface area (Å²) in [4.78, 5) is 2.65. The van der Waals surface area contributed by atoms with Crippen molar-refractivity contribution < 1.29 is 5.11 Å². The van der Waals surface area contributed by atoms with E-state index in [0.29, 0.717) is 11.8 Å². The minimum absolute atomic E-state index is 0.496. The summed E-state index contributed by atoms with van der Waals surface area (Å²) in [6.07, 6.45) is 7.04. The molecule has 0 radical (unpaired) electrons. The third-order valence-electron chi connectivity index (χ3n) is 4.21. The Hall–Kier alpha value is -1.02. The number of fused-ring (bicyclic) bond motifs is 1. The average Bonchev–Trinajstić information content (AvgIpc) is 2.62. The van der Waals surface area contributed by atoms with E-state index in [-0.39, 0.29) is 0 Å². The summed E-state index contributed by atoms with van der Waals surface area (Å²) >= 11 is 0. The van der Waals surface area contributed by atoms with Gasteiger partial charge in [0, 0.05) is 6.04 Å². The smallest absolute Gasteiger partial charge is 0.119 e. The van der Waals surface area contributed by atoms with E-state index in [1.807, 2.05) is 12.1 Å². The van der Waals surface area contributed by atoms with Crippen molar-refractivity contribution >= 4 is 0 Å². The Balaban J connectivity index is 2.16. The van der Waals surface area contributed by atoms with Crippen LogP contribution in [-0.2, 0) is 12.8 Å². The third-order valence-corrected chi connectivity index (χ3v) is 4.21. The molecule has 106 valence electrons. The zero-order valence-electron chi connectivity index (χ0n) is 12.4. The molecule has 2 heteroatoms. The fraction of sp³-hybridized carbons (Fsp3) is 0.647. The van der Waals surface area contributed by atoms with E-state index < -0.39 is 0 Å². The lowest BCUT2D eigenvalue weighted by Gasteiger charge is -2.30. The number of rotatable bonds is 5. The number of nitrogens with zero attached hydrogens (tertiary/aromatic N) is 1. The van der Waals surface area contributed by atoms with Crippen molar-refractivity contribution in [2.24, 2.45) is 0 Å². The average molecular weight is 261 g/mol. The van der Waals surface area contributed by atoms with Crippen LogP contribution >= 0.6 is 0 Å². The Kier molecular flexibility index (Phi) is 5.26. The highest BCUT2D eigenvalue weighted by Crippen LogP contribution is 2.29. The third kappa shape index (κ3) is 3.50. The largest absolute Gasteiger partial charge is 0.508 e. The molecule has 1 aromatic carbocycles. The fourth-order valence-electron chi connectivity index (χ4n) is 3.33. The van der Waals surface area contributed by atoms with Gasteiger partial charge in [-0.2, -0.15) is 0 Å². The molecule has 0 heterocycles. The van der Waals surface area contributed by atoms with Gasteiger partial charge in [-0.3, -0.25) is 0 Å². The van der Waals surface area contributed by atoms with Crippen LogP contribution in [-0.4, -0.2) is 29.1 Å². The molecule has 2 nitrogen and oxygen atoms in total. The molecule has 1 N–H and O–H groups in total. The van der Waals surface area contributed by atoms with Gasteiger partial charge < -0.3 is 10.0 Å². The number of phenols is 1. The molecule has 0 bridgehead atoms. The highest BCUT2D eigenvalue weighted by Gasteiger charge is 2.22. The molecule has 0 saturated heterocycles. The minimum atomic E-state index is 0.496. The normalized spacial score (nSPS) is 19.2. The van der Waals surface area contributed by atoms with Gasteiger partial charge in [0.15, 0.2) is 0 Å². The first-order valence-corrected chi connectivity index (χ1v) is 7.80. The first-order chi connectivity index (χ1) is 9.26. The summed E-state index contributed by atoms with van der Waals surface area (Å²) in [5.74, 6) is 0.496. The highest BCUT2D eigenvalue weighted by molar-refractivity contribution is 5.40. The number of hydrogen-bond donors (Lipinski definition) is 1. The van der Waals surface area contributed by atoms with Crippen molar-refractivity contribution in [3.8, 4) is 5.75 Å². The molecule has 0 saturated carbocycles. The number of phenolic OH excluding ortho intramolecular Hbond substituents is 1. The van der Waals surface area contributed by atoms with Crippen LogP contribution in [0.3, 0.4) is 0 Å². The lowest BCUT2D eigenvalue weighted by molar-refractivity contribution is 0.185. The van der Waals surface area contributed by atoms with Crippen LogP contribution in [0.5, 0.6) is 5.75 Å². The zero-order chi connectivity index (χ0) is 13.7. The van der Waals surface area contributed by atoms with Crippen LogP contribution in [0.15, 0.2) is 18.2 Å². The summed E-state index contributed by atoms with van der Waals surface area (Å²) < 4.78 is 0. The first kappa shape index (κ1) is 14.4. The summed E-state index contributed by atoms with van der Waals surface area (Å²) in [7, 11) is 0. The Bertz CT molecular complexity index is 396. The van der Waals surface area contributed by atoms with E-state index in [0.717, 1.165) is 12.8 Å². The summed E-state index contributed by atoms with van der Waals surface area (Å²) in [5, 5.41) is 10.00. The van der Waals surface area contributed by atoms with Gasteiger partial charge in [-0.15, -0.1) is 0 Å². The van der Waals surface area contributed by atoms with E-state index in [2.05, 4.69) is 24.8 Å². The van der Waals surface area contributed by atoms with Crippen LogP contribution in [0.1, 0.15) is 50.7 Å². The fourth-order valence-corrected chi connectivity index (χ4v) is 3.33. The predicted octanol–water partition coefficient (Wildman–Crippen LogP) is 3.76. The van der Waals surface area contributed by atoms with Crippen LogP contribution in [0.4, 0.5) is 0 Å². The van der Waals surface area contributed by atoms with Gasteiger partial charge in [-0.1, -0.05) is 26.0 Å². The molecule has 2 rings (SSSR count). The molecule has 1 aliphatic carbocycles. The van der Waals surface area contributed by atoms with Gasteiger partial charge in [0.2, 0.25) is 0 Å². The molecule has 0 aromatic heterocycles. The predicted molar refractivity (Wildman–Crippen MR) is 80.7 cm³/mol. The van der Waals surface area contributed by atoms with E-state index in [1.165, 1.54) is 49.9 Å². The Labute approximate surface area is 117 Å². The molecular weight excluding hydrogens is 234 g/mol. The monoisotopic (exact) mass is 261 g/mol. The number of benzene rings is 1. The number of aromatic hydroxyl groups is 1. The summed E-state index contributed by atoms with van der Waals surface area (Å²) in [6.45, 7) is 6.93. The molecular formula is C17H27NO. The van der Waals surface area contributed by atoms with E-state index in [4.69, 9.17) is 0 Å². The molecule has 1 aromatic rings. The lowest BCUT2D eigenvalue weighted by atomic mass is 10.00. The number of hydrogen-bond acceptors (Lipinski definition) is 2. The van der Waals surface area contributed by atoms with Crippen LogP contribution in [0, 0.1) is 0 Å². The quantitative estimate of drug-likeness (QED) is 0.816. The van der Waals surface area contributed by atoms with Gasteiger partial charge in [0.25, 0.3) is 0 Å². The van der Waals surface area contributed by atoms with Crippen molar-refractivity contribution in [3.05, 3.63) is 29.3 Å². The lowest BCUT2D eigenvalue weighted by Crippen LogP contribution is -2.37. The summed E-state index contributed by atoms with van der Waals surface area (Å²) in [6, 6.07) is 6.67. The van der Waals surface area contributed by atoms with E-state index in [1.54, 1.807) is 0 Å². The van der Waals surface area contributed by atoms with E-state index in [9.17, 15) is 5.11 Å². The second-order valence-electron chi connectivity index (χ2n) is 5.70. The maximum Gasteiger partial charge on any atom is 0.119 e. The highest BCUT2D eigenvalue weighted by atomic mass is 16.3. The molecule has 0 spiro atoms. The van der Waals surface area contributed by atoms with E-state index >= 15 is 0 Å².